The average Bonchev–Trinajstić information content (AvgIpc) is 2.20. The van der Waals surface area contributed by atoms with Gasteiger partial charge in [-0.3, -0.25) is 0 Å². The summed E-state index contributed by atoms with van der Waals surface area (Å²) >= 11 is 0. The lowest BCUT2D eigenvalue weighted by atomic mass is 9.83. The Labute approximate surface area is 87.7 Å². The first kappa shape index (κ1) is 12.1. The molecule has 3 N–H and O–H groups in total. The highest BCUT2D eigenvalue weighted by atomic mass is 19.2. The fourth-order valence-electron chi connectivity index (χ4n) is 1.45. The summed E-state index contributed by atoms with van der Waals surface area (Å²) in [5, 5.41) is 10.2. The van der Waals surface area contributed by atoms with Gasteiger partial charge in [-0.25, -0.2) is 8.78 Å². The summed E-state index contributed by atoms with van der Waals surface area (Å²) in [5.41, 5.74) is 4.46. The van der Waals surface area contributed by atoms with Gasteiger partial charge >= 0.3 is 0 Å². The van der Waals surface area contributed by atoms with E-state index >= 15 is 0 Å². The number of hydrogen-bond acceptors (Lipinski definition) is 2. The lowest BCUT2D eigenvalue weighted by Crippen LogP contribution is -2.40. The highest BCUT2D eigenvalue weighted by molar-refractivity contribution is 5.25. The van der Waals surface area contributed by atoms with E-state index in [9.17, 15) is 13.9 Å². The van der Waals surface area contributed by atoms with Crippen molar-refractivity contribution in [2.45, 2.75) is 19.4 Å². The summed E-state index contributed by atoms with van der Waals surface area (Å²) in [6, 6.07) is 3.33. The molecule has 0 spiro atoms. The summed E-state index contributed by atoms with van der Waals surface area (Å²) in [7, 11) is 0. The molecule has 1 rings (SSSR count). The number of hydrogen-bond donors (Lipinski definition) is 2. The zero-order valence-electron chi connectivity index (χ0n) is 8.80. The summed E-state index contributed by atoms with van der Waals surface area (Å²) in [6.45, 7) is 3.51. The van der Waals surface area contributed by atoms with Crippen LogP contribution in [-0.2, 0) is 5.60 Å². The Morgan fingerprint density at radius 2 is 1.93 bits per heavy atom. The Morgan fingerprint density at radius 1 is 1.33 bits per heavy atom. The third-order valence-corrected chi connectivity index (χ3v) is 2.69. The van der Waals surface area contributed by atoms with Gasteiger partial charge in [0.2, 0.25) is 0 Å². The lowest BCUT2D eigenvalue weighted by Gasteiger charge is -2.31. The van der Waals surface area contributed by atoms with E-state index in [1.807, 2.05) is 0 Å². The molecule has 0 radical (unpaired) electrons. The van der Waals surface area contributed by atoms with Crippen molar-refractivity contribution >= 4 is 0 Å². The smallest absolute Gasteiger partial charge is 0.159 e. The maximum Gasteiger partial charge on any atom is 0.159 e. The normalized spacial score (nSPS) is 15.4. The van der Waals surface area contributed by atoms with E-state index in [0.717, 1.165) is 12.1 Å². The molecule has 0 fully saturated rings. The monoisotopic (exact) mass is 215 g/mol. The first-order chi connectivity index (χ1) is 6.91. The van der Waals surface area contributed by atoms with Gasteiger partial charge in [-0.1, -0.05) is 19.9 Å². The number of aliphatic hydroxyl groups is 1. The zero-order chi connectivity index (χ0) is 11.6. The molecule has 1 aromatic carbocycles. The van der Waals surface area contributed by atoms with Crippen molar-refractivity contribution in [3.05, 3.63) is 35.4 Å². The number of halogens is 2. The summed E-state index contributed by atoms with van der Waals surface area (Å²) in [4.78, 5) is 0. The average molecular weight is 215 g/mol. The molecule has 1 aromatic rings. The third kappa shape index (κ3) is 2.16. The summed E-state index contributed by atoms with van der Waals surface area (Å²) in [5.74, 6) is -2.07. The SMILES string of the molecule is CC(C)C(O)(CN)c1ccc(F)c(F)c1. The molecule has 0 saturated heterocycles. The van der Waals surface area contributed by atoms with Gasteiger partial charge in [0.25, 0.3) is 0 Å². The Balaban J connectivity index is 3.19. The molecule has 2 nitrogen and oxygen atoms in total. The minimum Gasteiger partial charge on any atom is -0.384 e. The molecule has 0 amide bonds. The first-order valence-electron chi connectivity index (χ1n) is 4.79. The van der Waals surface area contributed by atoms with Crippen molar-refractivity contribution in [3.63, 3.8) is 0 Å². The second-order valence-electron chi connectivity index (χ2n) is 3.91. The van der Waals surface area contributed by atoms with Crippen LogP contribution in [0.15, 0.2) is 18.2 Å². The van der Waals surface area contributed by atoms with Gasteiger partial charge in [0.05, 0.1) is 0 Å². The third-order valence-electron chi connectivity index (χ3n) is 2.69. The van der Waals surface area contributed by atoms with Gasteiger partial charge in [0, 0.05) is 6.54 Å². The standard InChI is InChI=1S/C11H15F2NO/c1-7(2)11(15,6-14)8-3-4-9(12)10(13)5-8/h3-5,7,15H,6,14H2,1-2H3. The number of benzene rings is 1. The van der Waals surface area contributed by atoms with Crippen LogP contribution in [0.4, 0.5) is 8.78 Å². The minimum atomic E-state index is -1.31. The molecule has 0 aliphatic heterocycles. The van der Waals surface area contributed by atoms with Crippen LogP contribution >= 0.6 is 0 Å². The molecule has 0 aliphatic rings. The van der Waals surface area contributed by atoms with Gasteiger partial charge in [0.15, 0.2) is 11.6 Å². The van der Waals surface area contributed by atoms with Gasteiger partial charge in [-0.05, 0) is 23.6 Å². The molecule has 1 unspecified atom stereocenters. The molecular formula is C11H15F2NO. The van der Waals surface area contributed by atoms with E-state index in [1.54, 1.807) is 13.8 Å². The topological polar surface area (TPSA) is 46.2 Å². The second-order valence-corrected chi connectivity index (χ2v) is 3.91. The number of nitrogens with two attached hydrogens (primary N) is 1. The molecule has 4 heteroatoms. The maximum atomic E-state index is 13.0. The van der Waals surface area contributed by atoms with Crippen LogP contribution in [-0.4, -0.2) is 11.7 Å². The van der Waals surface area contributed by atoms with Crippen LogP contribution < -0.4 is 5.73 Å². The van der Waals surface area contributed by atoms with Gasteiger partial charge < -0.3 is 10.8 Å². The van der Waals surface area contributed by atoms with Gasteiger partial charge in [-0.2, -0.15) is 0 Å². The minimum absolute atomic E-state index is 0.0320. The van der Waals surface area contributed by atoms with E-state index in [1.165, 1.54) is 6.07 Å². The van der Waals surface area contributed by atoms with E-state index < -0.39 is 17.2 Å². The van der Waals surface area contributed by atoms with Crippen LogP contribution in [0, 0.1) is 17.6 Å². The van der Waals surface area contributed by atoms with Crippen molar-refractivity contribution in [1.29, 1.82) is 0 Å². The largest absolute Gasteiger partial charge is 0.384 e. The molecule has 0 aliphatic carbocycles. The van der Waals surface area contributed by atoms with Crippen molar-refractivity contribution < 1.29 is 13.9 Å². The number of rotatable bonds is 3. The van der Waals surface area contributed by atoms with Crippen molar-refractivity contribution in [2.75, 3.05) is 6.54 Å². The molecule has 0 aromatic heterocycles. The van der Waals surface area contributed by atoms with Crippen molar-refractivity contribution in [2.24, 2.45) is 11.7 Å². The van der Waals surface area contributed by atoms with Crippen LogP contribution in [0.25, 0.3) is 0 Å². The maximum absolute atomic E-state index is 13.0. The summed E-state index contributed by atoms with van der Waals surface area (Å²) in [6.07, 6.45) is 0. The van der Waals surface area contributed by atoms with Gasteiger partial charge in [0.1, 0.15) is 5.60 Å². The second kappa shape index (κ2) is 4.24. The Hall–Kier alpha value is -1.00. The summed E-state index contributed by atoms with van der Waals surface area (Å²) < 4.78 is 25.7. The molecule has 84 valence electrons. The highest BCUT2D eigenvalue weighted by Gasteiger charge is 2.32. The molecule has 1 atom stereocenters. The predicted octanol–water partition coefficient (Wildman–Crippen LogP) is 1.77. The van der Waals surface area contributed by atoms with Crippen LogP contribution in [0.3, 0.4) is 0 Å². The fraction of sp³-hybridized carbons (Fsp3) is 0.455. The molecular weight excluding hydrogens is 200 g/mol. The predicted molar refractivity (Wildman–Crippen MR) is 54.1 cm³/mol. The fourth-order valence-corrected chi connectivity index (χ4v) is 1.45. The Bertz CT molecular complexity index is 354. The molecule has 0 heterocycles. The molecule has 0 saturated carbocycles. The van der Waals surface area contributed by atoms with E-state index in [2.05, 4.69) is 0 Å². The molecule has 15 heavy (non-hydrogen) atoms. The zero-order valence-corrected chi connectivity index (χ0v) is 8.80. The van der Waals surface area contributed by atoms with E-state index in [-0.39, 0.29) is 12.5 Å². The van der Waals surface area contributed by atoms with E-state index in [0.29, 0.717) is 5.56 Å². The Morgan fingerprint density at radius 3 is 2.33 bits per heavy atom. The highest BCUT2D eigenvalue weighted by Crippen LogP contribution is 2.29. The van der Waals surface area contributed by atoms with Gasteiger partial charge in [-0.15, -0.1) is 0 Å². The quantitative estimate of drug-likeness (QED) is 0.807. The van der Waals surface area contributed by atoms with Crippen molar-refractivity contribution in [1.82, 2.24) is 0 Å². The van der Waals surface area contributed by atoms with Crippen LogP contribution in [0.1, 0.15) is 19.4 Å². The van der Waals surface area contributed by atoms with E-state index in [4.69, 9.17) is 5.73 Å². The Kier molecular flexibility index (Phi) is 3.42. The lowest BCUT2D eigenvalue weighted by molar-refractivity contribution is -0.00148. The van der Waals surface area contributed by atoms with Crippen LogP contribution in [0.2, 0.25) is 0 Å². The first-order valence-corrected chi connectivity index (χ1v) is 4.79. The molecule has 0 bridgehead atoms. The van der Waals surface area contributed by atoms with Crippen molar-refractivity contribution in [3.8, 4) is 0 Å². The van der Waals surface area contributed by atoms with Crippen LogP contribution in [0.5, 0.6) is 0 Å².